The highest BCUT2D eigenvalue weighted by molar-refractivity contribution is 5.96. The number of ether oxygens (including phenoxy) is 1. The van der Waals surface area contributed by atoms with Crippen LogP contribution >= 0.6 is 0 Å². The monoisotopic (exact) mass is 734 g/mol. The van der Waals surface area contributed by atoms with Gasteiger partial charge in [0.1, 0.15) is 5.75 Å². The van der Waals surface area contributed by atoms with Crippen molar-refractivity contribution in [2.75, 3.05) is 41.3 Å². The summed E-state index contributed by atoms with van der Waals surface area (Å²) in [6.07, 6.45) is -5.03. The fraction of sp³-hybridized carbons (Fsp3) is 0.263. The lowest BCUT2D eigenvalue weighted by molar-refractivity contribution is -0.192. The minimum atomic E-state index is -5.08. The number of carboxylic acids is 1. The van der Waals surface area contributed by atoms with Gasteiger partial charge in [0, 0.05) is 63.9 Å². The van der Waals surface area contributed by atoms with Crippen molar-refractivity contribution in [1.82, 2.24) is 10.4 Å². The van der Waals surface area contributed by atoms with E-state index in [1.54, 1.807) is 17.0 Å². The van der Waals surface area contributed by atoms with Crippen LogP contribution in [-0.4, -0.2) is 66.2 Å². The molecule has 0 saturated carbocycles. The zero-order valence-electron chi connectivity index (χ0n) is 29.0. The molecular weight excluding hydrogens is 693 g/mol. The van der Waals surface area contributed by atoms with Crippen molar-refractivity contribution in [2.45, 2.75) is 39.0 Å². The normalized spacial score (nSPS) is 12.9. The first-order valence-electron chi connectivity index (χ1n) is 16.7. The highest BCUT2D eigenvalue weighted by Gasteiger charge is 2.38. The minimum Gasteiger partial charge on any atom is -0.475 e. The largest absolute Gasteiger partial charge is 0.490 e. The van der Waals surface area contributed by atoms with Crippen molar-refractivity contribution in [2.24, 2.45) is 5.73 Å². The van der Waals surface area contributed by atoms with Gasteiger partial charge in [-0.15, -0.1) is 0 Å². The molecule has 0 atom stereocenters. The van der Waals surface area contributed by atoms with E-state index in [2.05, 4.69) is 27.8 Å². The van der Waals surface area contributed by atoms with Gasteiger partial charge in [-0.25, -0.2) is 9.80 Å². The summed E-state index contributed by atoms with van der Waals surface area (Å²) in [4.78, 5) is 51.1. The van der Waals surface area contributed by atoms with Crippen molar-refractivity contribution in [3.63, 3.8) is 0 Å². The topological polar surface area (TPSA) is 158 Å². The number of carbonyl (C=O) groups excluding carboxylic acids is 3. The molecule has 0 aliphatic carbocycles. The molecule has 1 saturated heterocycles. The van der Waals surface area contributed by atoms with E-state index in [1.165, 1.54) is 12.6 Å². The Labute approximate surface area is 304 Å². The summed E-state index contributed by atoms with van der Waals surface area (Å²) < 4.78 is 38.0. The van der Waals surface area contributed by atoms with Gasteiger partial charge in [-0.1, -0.05) is 54.6 Å². The van der Waals surface area contributed by atoms with E-state index in [0.717, 1.165) is 24.2 Å². The molecule has 5 N–H and O–H groups in total. The number of hydrazine groups is 1. The Morgan fingerprint density at radius 2 is 1.47 bits per heavy atom. The number of carbonyl (C=O) groups is 4. The number of carboxylic acid groups (broad SMARTS) is 1. The molecule has 280 valence electrons. The molecule has 53 heavy (non-hydrogen) atoms. The molecule has 4 aromatic rings. The van der Waals surface area contributed by atoms with Crippen LogP contribution in [0.3, 0.4) is 0 Å². The summed E-state index contributed by atoms with van der Waals surface area (Å²) in [5.74, 6) is -2.24. The molecule has 1 heterocycles. The zero-order valence-corrected chi connectivity index (χ0v) is 29.0. The molecule has 0 bridgehead atoms. The summed E-state index contributed by atoms with van der Waals surface area (Å²) in [6, 6.07) is 32.4. The maximum atomic E-state index is 13.9. The van der Waals surface area contributed by atoms with E-state index in [9.17, 15) is 27.6 Å². The fourth-order valence-corrected chi connectivity index (χ4v) is 5.32. The third-order valence-corrected chi connectivity index (χ3v) is 7.93. The third-order valence-electron chi connectivity index (χ3n) is 7.93. The Balaban J connectivity index is 0.000000815. The van der Waals surface area contributed by atoms with Crippen LogP contribution in [-0.2, 0) is 32.3 Å². The Morgan fingerprint density at radius 3 is 2.09 bits per heavy atom. The third kappa shape index (κ3) is 12.7. The number of anilines is 3. The SMILES string of the molecule is CC(=O)Nc1ccc(CN(C(=O)CCC(=O)NN2CCN(c3ccccc3)CC2)c2ccccc2Oc2cccc(CN)c2)cc1.O=C(O)C(F)(F)F. The lowest BCUT2D eigenvalue weighted by atomic mass is 10.1. The number of piperazine rings is 1. The first-order chi connectivity index (χ1) is 25.3. The summed E-state index contributed by atoms with van der Waals surface area (Å²) >= 11 is 0. The quantitative estimate of drug-likeness (QED) is 0.143. The van der Waals surface area contributed by atoms with Crippen molar-refractivity contribution < 1.29 is 42.2 Å². The molecule has 1 aliphatic rings. The van der Waals surface area contributed by atoms with Crippen molar-refractivity contribution >= 4 is 40.8 Å². The van der Waals surface area contributed by atoms with E-state index in [1.807, 2.05) is 83.9 Å². The van der Waals surface area contributed by atoms with Crippen molar-refractivity contribution in [1.29, 1.82) is 0 Å². The highest BCUT2D eigenvalue weighted by atomic mass is 19.4. The summed E-state index contributed by atoms with van der Waals surface area (Å²) in [6.45, 7) is 5.03. The molecule has 4 aromatic carbocycles. The number of halogens is 3. The van der Waals surface area contributed by atoms with Gasteiger partial charge in [-0.3, -0.25) is 19.8 Å². The van der Waals surface area contributed by atoms with E-state index in [0.29, 0.717) is 42.5 Å². The predicted octanol–water partition coefficient (Wildman–Crippen LogP) is 5.70. The van der Waals surface area contributed by atoms with Crippen LogP contribution < -0.4 is 31.0 Å². The zero-order chi connectivity index (χ0) is 38.4. The molecule has 1 fully saturated rings. The van der Waals surface area contributed by atoms with Gasteiger partial charge in [-0.05, 0) is 59.7 Å². The number of benzene rings is 4. The number of nitrogens with two attached hydrogens (primary N) is 1. The Morgan fingerprint density at radius 1 is 0.830 bits per heavy atom. The van der Waals surface area contributed by atoms with Crippen LogP contribution in [0.25, 0.3) is 0 Å². The number of amides is 3. The van der Waals surface area contributed by atoms with Gasteiger partial charge in [0.2, 0.25) is 17.7 Å². The van der Waals surface area contributed by atoms with E-state index < -0.39 is 12.1 Å². The Bertz CT molecular complexity index is 1830. The average molecular weight is 735 g/mol. The van der Waals surface area contributed by atoms with E-state index in [-0.39, 0.29) is 37.1 Å². The van der Waals surface area contributed by atoms with Crippen LogP contribution in [0.15, 0.2) is 103 Å². The molecular formula is C38H41F3N6O6. The number of alkyl halides is 3. The van der Waals surface area contributed by atoms with Crippen LogP contribution in [0.4, 0.5) is 30.2 Å². The number of para-hydroxylation sites is 3. The molecule has 0 unspecified atom stereocenters. The number of hydrogen-bond donors (Lipinski definition) is 4. The molecule has 0 aromatic heterocycles. The molecule has 0 radical (unpaired) electrons. The maximum absolute atomic E-state index is 13.9. The van der Waals surface area contributed by atoms with Gasteiger partial charge < -0.3 is 30.7 Å². The average Bonchev–Trinajstić information content (AvgIpc) is 3.14. The van der Waals surface area contributed by atoms with Crippen LogP contribution in [0.1, 0.15) is 30.9 Å². The Hall–Kier alpha value is -5.93. The van der Waals surface area contributed by atoms with E-state index in [4.69, 9.17) is 20.4 Å². The maximum Gasteiger partial charge on any atom is 0.490 e. The summed E-state index contributed by atoms with van der Waals surface area (Å²) in [5.41, 5.74) is 13.0. The van der Waals surface area contributed by atoms with Gasteiger partial charge in [0.25, 0.3) is 0 Å². The minimum absolute atomic E-state index is 0.0107. The molecule has 15 heteroatoms. The first-order valence-corrected chi connectivity index (χ1v) is 16.7. The van der Waals surface area contributed by atoms with Crippen molar-refractivity contribution in [3.05, 3.63) is 114 Å². The second-order valence-corrected chi connectivity index (χ2v) is 11.9. The number of hydrogen-bond acceptors (Lipinski definition) is 8. The summed E-state index contributed by atoms with van der Waals surface area (Å²) in [5, 5.41) is 11.8. The standard InChI is InChI=1S/C36H40N6O4.C2HF3O2/c1-27(43)38-30-16-14-28(15-17-30)26-42(33-12-5-6-13-34(33)46-32-11-7-8-29(24-32)25-37)36(45)19-18-35(44)39-41-22-20-40(21-23-41)31-9-3-2-4-10-31;3-2(4,5)1(6)7/h2-17,24H,18-23,25-26,37H2,1H3,(H,38,43)(H,39,44);(H,6,7). The number of aliphatic carboxylic acids is 1. The molecule has 12 nitrogen and oxygen atoms in total. The van der Waals surface area contributed by atoms with Gasteiger partial charge in [-0.2, -0.15) is 13.2 Å². The highest BCUT2D eigenvalue weighted by Crippen LogP contribution is 2.34. The van der Waals surface area contributed by atoms with E-state index >= 15 is 0 Å². The molecule has 1 aliphatic heterocycles. The van der Waals surface area contributed by atoms with Gasteiger partial charge in [0.15, 0.2) is 5.75 Å². The van der Waals surface area contributed by atoms with Gasteiger partial charge >= 0.3 is 12.1 Å². The second-order valence-electron chi connectivity index (χ2n) is 11.9. The number of rotatable bonds is 12. The smallest absolute Gasteiger partial charge is 0.475 e. The first kappa shape index (κ1) is 39.8. The summed E-state index contributed by atoms with van der Waals surface area (Å²) in [7, 11) is 0. The lowest BCUT2D eigenvalue weighted by Gasteiger charge is -2.36. The fourth-order valence-electron chi connectivity index (χ4n) is 5.32. The molecule has 0 spiro atoms. The van der Waals surface area contributed by atoms with Crippen LogP contribution in [0.5, 0.6) is 11.5 Å². The molecule has 3 amide bonds. The number of nitrogens with zero attached hydrogens (tertiary/aromatic N) is 3. The van der Waals surface area contributed by atoms with Gasteiger partial charge in [0.05, 0.1) is 12.2 Å². The number of nitrogens with one attached hydrogen (secondary N) is 2. The Kier molecular flexibility index (Phi) is 14.3. The lowest BCUT2D eigenvalue weighted by Crippen LogP contribution is -2.53. The predicted molar refractivity (Wildman–Crippen MR) is 194 cm³/mol. The second kappa shape index (κ2) is 19.1. The van der Waals surface area contributed by atoms with Crippen molar-refractivity contribution in [3.8, 4) is 11.5 Å². The van der Waals surface area contributed by atoms with Crippen LogP contribution in [0.2, 0.25) is 0 Å². The molecule has 5 rings (SSSR count). The van der Waals surface area contributed by atoms with Crippen LogP contribution in [0, 0.1) is 0 Å².